The third-order valence-corrected chi connectivity index (χ3v) is 5.01. The number of aryl methyl sites for hydroxylation is 1. The Morgan fingerprint density at radius 1 is 1.17 bits per heavy atom. The van der Waals surface area contributed by atoms with Crippen molar-refractivity contribution in [2.75, 3.05) is 6.61 Å². The van der Waals surface area contributed by atoms with Crippen LogP contribution in [0.5, 0.6) is 5.75 Å². The Morgan fingerprint density at radius 3 is 2.66 bits per heavy atom. The maximum Gasteiger partial charge on any atom is 0.277 e. The predicted octanol–water partition coefficient (Wildman–Crippen LogP) is 5.51. The predicted molar refractivity (Wildman–Crippen MR) is 123 cm³/mol. The summed E-state index contributed by atoms with van der Waals surface area (Å²) < 4.78 is 12.6. The van der Waals surface area contributed by atoms with Crippen LogP contribution in [0, 0.1) is 10.5 Å². The fraction of sp³-hybridized carbons (Fsp3) is 0.217. The normalized spacial score (nSPS) is 11.2. The van der Waals surface area contributed by atoms with Crippen molar-refractivity contribution in [1.82, 2.24) is 5.43 Å². The van der Waals surface area contributed by atoms with E-state index >= 15 is 0 Å². The Labute approximate surface area is 184 Å². The molecule has 0 aliphatic rings. The number of hydrogen-bond donors (Lipinski definition) is 1. The van der Waals surface area contributed by atoms with Crippen LogP contribution in [0.4, 0.5) is 0 Å². The lowest BCUT2D eigenvalue weighted by atomic mass is 10.0. The summed E-state index contributed by atoms with van der Waals surface area (Å²) in [5.74, 6) is 2.01. The first kappa shape index (κ1) is 21.1. The van der Waals surface area contributed by atoms with Crippen LogP contribution in [0.3, 0.4) is 0 Å². The van der Waals surface area contributed by atoms with Gasteiger partial charge in [-0.3, -0.25) is 4.79 Å². The summed E-state index contributed by atoms with van der Waals surface area (Å²) in [5.41, 5.74) is 5.62. The van der Waals surface area contributed by atoms with Crippen LogP contribution in [0.15, 0.2) is 64.1 Å². The second-order valence-electron chi connectivity index (χ2n) is 6.99. The van der Waals surface area contributed by atoms with Gasteiger partial charge in [0.25, 0.3) is 5.91 Å². The number of benzene rings is 2. The second kappa shape index (κ2) is 9.73. The van der Waals surface area contributed by atoms with Gasteiger partial charge in [-0.25, -0.2) is 5.43 Å². The molecule has 5 nitrogen and oxygen atoms in total. The monoisotopic (exact) mass is 502 g/mol. The summed E-state index contributed by atoms with van der Waals surface area (Å²) in [5, 5.41) is 3.95. The fourth-order valence-corrected chi connectivity index (χ4v) is 3.14. The molecule has 29 heavy (non-hydrogen) atoms. The highest BCUT2D eigenvalue weighted by atomic mass is 127. The van der Waals surface area contributed by atoms with Gasteiger partial charge in [0.15, 0.2) is 6.61 Å². The summed E-state index contributed by atoms with van der Waals surface area (Å²) in [4.78, 5) is 12.1. The highest BCUT2D eigenvalue weighted by Crippen LogP contribution is 2.27. The molecule has 0 saturated heterocycles. The number of nitrogens with one attached hydrogen (secondary N) is 1. The van der Waals surface area contributed by atoms with E-state index in [2.05, 4.69) is 47.0 Å². The highest BCUT2D eigenvalue weighted by Gasteiger charge is 2.10. The Balaban J connectivity index is 1.54. The minimum atomic E-state index is -0.332. The van der Waals surface area contributed by atoms with Gasteiger partial charge in [-0.2, -0.15) is 5.10 Å². The molecule has 0 spiro atoms. The Morgan fingerprint density at radius 2 is 1.93 bits per heavy atom. The molecule has 0 bridgehead atoms. The van der Waals surface area contributed by atoms with Crippen LogP contribution in [-0.2, 0) is 4.79 Å². The Hall–Kier alpha value is -2.61. The van der Waals surface area contributed by atoms with E-state index in [4.69, 9.17) is 9.15 Å². The smallest absolute Gasteiger partial charge is 0.277 e. The van der Waals surface area contributed by atoms with Crippen molar-refractivity contribution in [3.63, 3.8) is 0 Å². The Bertz CT molecular complexity index is 1010. The van der Waals surface area contributed by atoms with Gasteiger partial charge in [0.1, 0.15) is 17.3 Å². The van der Waals surface area contributed by atoms with Gasteiger partial charge >= 0.3 is 0 Å². The fourth-order valence-electron chi connectivity index (χ4n) is 2.78. The minimum absolute atomic E-state index is 0.105. The molecule has 0 radical (unpaired) electrons. The second-order valence-corrected chi connectivity index (χ2v) is 8.23. The van der Waals surface area contributed by atoms with Crippen LogP contribution in [-0.4, -0.2) is 18.7 Å². The average Bonchev–Trinajstić information content (AvgIpc) is 3.15. The Kier molecular flexibility index (Phi) is 7.09. The summed E-state index contributed by atoms with van der Waals surface area (Å²) in [6, 6.07) is 17.7. The zero-order chi connectivity index (χ0) is 20.8. The number of ether oxygens (including phenoxy) is 1. The third-order valence-electron chi connectivity index (χ3n) is 4.29. The van der Waals surface area contributed by atoms with Gasteiger partial charge in [-0.15, -0.1) is 0 Å². The lowest BCUT2D eigenvalue weighted by Crippen LogP contribution is -2.24. The first-order chi connectivity index (χ1) is 13.9. The molecule has 0 atom stereocenters. The standard InChI is InChI=1S/C23H23IN2O3/c1-15(2)20-10-4-16(3)12-22(20)28-14-23(27)26-25-13-19-9-11-21(29-19)17-5-7-18(24)8-6-17/h4-13,15H,14H2,1-3H3,(H,26,27)/b25-13+. The van der Waals surface area contributed by atoms with E-state index in [1.165, 1.54) is 6.21 Å². The topological polar surface area (TPSA) is 63.8 Å². The largest absolute Gasteiger partial charge is 0.483 e. The summed E-state index contributed by atoms with van der Waals surface area (Å²) >= 11 is 2.26. The number of rotatable bonds is 7. The molecule has 0 saturated carbocycles. The maximum atomic E-state index is 12.1. The zero-order valence-corrected chi connectivity index (χ0v) is 18.8. The average molecular weight is 502 g/mol. The molecule has 6 heteroatoms. The number of carbonyl (C=O) groups excluding carboxylic acids is 1. The van der Waals surface area contributed by atoms with Crippen LogP contribution >= 0.6 is 22.6 Å². The number of furan rings is 1. The van der Waals surface area contributed by atoms with Crippen molar-refractivity contribution < 1.29 is 13.9 Å². The van der Waals surface area contributed by atoms with Crippen LogP contribution < -0.4 is 10.2 Å². The molecule has 150 valence electrons. The van der Waals surface area contributed by atoms with Crippen LogP contribution in [0.2, 0.25) is 0 Å². The lowest BCUT2D eigenvalue weighted by Gasteiger charge is -2.14. The van der Waals surface area contributed by atoms with Crippen LogP contribution in [0.1, 0.15) is 36.7 Å². The molecule has 3 rings (SSSR count). The molecule has 3 aromatic rings. The summed E-state index contributed by atoms with van der Waals surface area (Å²) in [6.45, 7) is 6.08. The van der Waals surface area contributed by atoms with Gasteiger partial charge in [0.2, 0.25) is 0 Å². The third kappa shape index (κ3) is 5.93. The van der Waals surface area contributed by atoms with Crippen molar-refractivity contribution in [2.45, 2.75) is 26.7 Å². The molecule has 1 amide bonds. The molecular weight excluding hydrogens is 479 g/mol. The van der Waals surface area contributed by atoms with Crippen molar-refractivity contribution >= 4 is 34.7 Å². The number of hydrogen-bond acceptors (Lipinski definition) is 4. The van der Waals surface area contributed by atoms with Crippen molar-refractivity contribution in [3.8, 4) is 17.1 Å². The highest BCUT2D eigenvalue weighted by molar-refractivity contribution is 14.1. The van der Waals surface area contributed by atoms with E-state index in [0.717, 1.165) is 31.8 Å². The van der Waals surface area contributed by atoms with Gasteiger partial charge in [-0.05, 0) is 76.9 Å². The lowest BCUT2D eigenvalue weighted by molar-refractivity contribution is -0.123. The van der Waals surface area contributed by atoms with Gasteiger partial charge < -0.3 is 9.15 Å². The van der Waals surface area contributed by atoms with E-state index in [1.54, 1.807) is 6.07 Å². The zero-order valence-electron chi connectivity index (χ0n) is 16.6. The molecule has 2 aromatic carbocycles. The molecule has 1 heterocycles. The first-order valence-electron chi connectivity index (χ1n) is 9.33. The quantitative estimate of drug-likeness (QED) is 0.263. The van der Waals surface area contributed by atoms with Crippen molar-refractivity contribution in [2.24, 2.45) is 5.10 Å². The summed E-state index contributed by atoms with van der Waals surface area (Å²) in [6.07, 6.45) is 1.47. The number of nitrogens with zero attached hydrogens (tertiary/aromatic N) is 1. The number of hydrazone groups is 1. The minimum Gasteiger partial charge on any atom is -0.483 e. The molecule has 0 unspecified atom stereocenters. The maximum absolute atomic E-state index is 12.1. The first-order valence-corrected chi connectivity index (χ1v) is 10.4. The number of carbonyl (C=O) groups is 1. The van der Waals surface area contributed by atoms with E-state index in [-0.39, 0.29) is 12.5 Å². The summed E-state index contributed by atoms with van der Waals surface area (Å²) in [7, 11) is 0. The van der Waals surface area contributed by atoms with Crippen molar-refractivity contribution in [3.05, 3.63) is 75.1 Å². The van der Waals surface area contributed by atoms with E-state index in [0.29, 0.717) is 11.7 Å². The molecule has 0 fully saturated rings. The van der Waals surface area contributed by atoms with E-state index in [1.807, 2.05) is 55.5 Å². The molecule has 1 aromatic heterocycles. The SMILES string of the molecule is Cc1ccc(C(C)C)c(OCC(=O)N/N=C/c2ccc(-c3ccc(I)cc3)o2)c1. The van der Waals surface area contributed by atoms with Gasteiger partial charge in [0, 0.05) is 9.13 Å². The molecule has 0 aliphatic carbocycles. The van der Waals surface area contributed by atoms with E-state index in [9.17, 15) is 4.79 Å². The molecule has 0 aliphatic heterocycles. The molecular formula is C23H23IN2O3. The van der Waals surface area contributed by atoms with Crippen molar-refractivity contribution in [1.29, 1.82) is 0 Å². The number of halogens is 1. The number of amides is 1. The van der Waals surface area contributed by atoms with Gasteiger partial charge in [0.05, 0.1) is 6.21 Å². The molecule has 1 N–H and O–H groups in total. The van der Waals surface area contributed by atoms with Gasteiger partial charge in [-0.1, -0.05) is 38.1 Å². The van der Waals surface area contributed by atoms with E-state index < -0.39 is 0 Å². The van der Waals surface area contributed by atoms with Crippen LogP contribution in [0.25, 0.3) is 11.3 Å².